The smallest absolute Gasteiger partial charge is 0.192 e. The number of rotatable bonds is 1. The minimum absolute atomic E-state index is 0.673. The van der Waals surface area contributed by atoms with E-state index in [0.29, 0.717) is 6.61 Å². The second-order valence-electron chi connectivity index (χ2n) is 4.08. The average molecular weight is 215 g/mol. The van der Waals surface area contributed by atoms with Crippen LogP contribution in [0.1, 0.15) is 29.2 Å². The van der Waals surface area contributed by atoms with Crippen LogP contribution in [0.15, 0.2) is 23.3 Å². The molecule has 1 aromatic carbocycles. The second-order valence-corrected chi connectivity index (χ2v) is 4.08. The quantitative estimate of drug-likeness (QED) is 0.704. The summed E-state index contributed by atoms with van der Waals surface area (Å²) in [5.74, 6) is 0.806. The van der Waals surface area contributed by atoms with Gasteiger partial charge in [0.15, 0.2) is 5.90 Å². The molecule has 0 radical (unpaired) electrons. The Hall–Kier alpha value is -1.57. The van der Waals surface area contributed by atoms with E-state index in [1.165, 1.54) is 22.3 Å². The molecule has 0 atom stereocenters. The molecule has 2 heteroatoms. The first-order valence-electron chi connectivity index (χ1n) is 5.67. The summed E-state index contributed by atoms with van der Waals surface area (Å²) in [6, 6.07) is 4.44. The van der Waals surface area contributed by atoms with E-state index in [0.717, 1.165) is 12.3 Å². The summed E-state index contributed by atoms with van der Waals surface area (Å²) in [5, 5.41) is 0. The van der Waals surface area contributed by atoms with Crippen molar-refractivity contribution in [3.8, 4) is 0 Å². The highest BCUT2D eigenvalue weighted by atomic mass is 16.5. The average Bonchev–Trinajstić information content (AvgIpc) is 2.42. The maximum Gasteiger partial charge on any atom is 0.192 e. The molecular formula is C14H17NO. The molecule has 0 saturated carbocycles. The van der Waals surface area contributed by atoms with E-state index < -0.39 is 0 Å². The molecule has 1 aromatic rings. The highest BCUT2D eigenvalue weighted by molar-refractivity contribution is 5.82. The highest BCUT2D eigenvalue weighted by Gasteiger charge is 2.10. The van der Waals surface area contributed by atoms with Gasteiger partial charge in [-0.1, -0.05) is 12.1 Å². The Labute approximate surface area is 96.7 Å². The molecule has 1 aliphatic rings. The first-order chi connectivity index (χ1) is 7.70. The number of hydrogen-bond donors (Lipinski definition) is 0. The van der Waals surface area contributed by atoms with Gasteiger partial charge in [-0.2, -0.15) is 0 Å². The molecule has 2 nitrogen and oxygen atoms in total. The predicted octanol–water partition coefficient (Wildman–Crippen LogP) is 3.27. The molecule has 0 N–H and O–H groups in total. The van der Waals surface area contributed by atoms with Gasteiger partial charge < -0.3 is 4.74 Å². The second kappa shape index (κ2) is 4.52. The molecule has 0 unspecified atom stereocenters. The number of hydrogen-bond acceptors (Lipinski definition) is 2. The van der Waals surface area contributed by atoms with Crippen LogP contribution in [0.4, 0.5) is 0 Å². The van der Waals surface area contributed by atoms with Crippen molar-refractivity contribution in [3.63, 3.8) is 0 Å². The number of aryl methyl sites for hydroxylation is 2. The van der Waals surface area contributed by atoms with Crippen molar-refractivity contribution in [1.82, 2.24) is 0 Å². The Morgan fingerprint density at radius 1 is 1.25 bits per heavy atom. The van der Waals surface area contributed by atoms with Gasteiger partial charge in [-0.15, -0.1) is 0 Å². The number of benzene rings is 1. The highest BCUT2D eigenvalue weighted by Crippen LogP contribution is 2.20. The third-order valence-corrected chi connectivity index (χ3v) is 2.88. The van der Waals surface area contributed by atoms with Crippen LogP contribution in [-0.2, 0) is 11.2 Å². The van der Waals surface area contributed by atoms with E-state index in [1.807, 2.05) is 19.2 Å². The predicted molar refractivity (Wildman–Crippen MR) is 67.7 cm³/mol. The topological polar surface area (TPSA) is 21.6 Å². The van der Waals surface area contributed by atoms with E-state index in [9.17, 15) is 0 Å². The fourth-order valence-corrected chi connectivity index (χ4v) is 1.87. The van der Waals surface area contributed by atoms with Crippen LogP contribution < -0.4 is 0 Å². The van der Waals surface area contributed by atoms with Crippen LogP contribution in [-0.4, -0.2) is 12.5 Å². The summed E-state index contributed by atoms with van der Waals surface area (Å²) >= 11 is 0. The zero-order valence-electron chi connectivity index (χ0n) is 10.1. The van der Waals surface area contributed by atoms with Crippen molar-refractivity contribution in [2.75, 3.05) is 6.61 Å². The van der Waals surface area contributed by atoms with Crippen LogP contribution in [0.25, 0.3) is 6.08 Å². The number of ether oxygens (including phenoxy) is 1. The molecular weight excluding hydrogens is 198 g/mol. The van der Waals surface area contributed by atoms with E-state index in [4.69, 9.17) is 4.74 Å². The summed E-state index contributed by atoms with van der Waals surface area (Å²) in [6.07, 6.45) is 4.66. The SMILES string of the molecule is CCOC1=NC=Cc2cc(C)c(C)cc2C1. The van der Waals surface area contributed by atoms with Gasteiger partial charge in [0.25, 0.3) is 0 Å². The van der Waals surface area contributed by atoms with E-state index in [1.54, 1.807) is 0 Å². The number of nitrogens with zero attached hydrogens (tertiary/aromatic N) is 1. The standard InChI is InChI=1S/C14H17NO/c1-4-16-14-9-13-8-11(3)10(2)7-12(13)5-6-15-14/h5-8H,4,9H2,1-3H3. The molecule has 0 amide bonds. The van der Waals surface area contributed by atoms with E-state index in [2.05, 4.69) is 31.0 Å². The Morgan fingerprint density at radius 3 is 2.75 bits per heavy atom. The first kappa shape index (κ1) is 10.9. The summed E-state index contributed by atoms with van der Waals surface area (Å²) in [6.45, 7) is 6.94. The third kappa shape index (κ3) is 2.16. The lowest BCUT2D eigenvalue weighted by atomic mass is 9.98. The summed E-state index contributed by atoms with van der Waals surface area (Å²) in [7, 11) is 0. The van der Waals surface area contributed by atoms with Crippen molar-refractivity contribution < 1.29 is 4.74 Å². The first-order valence-corrected chi connectivity index (χ1v) is 5.67. The summed E-state index contributed by atoms with van der Waals surface area (Å²) in [5.41, 5.74) is 5.19. The maximum absolute atomic E-state index is 5.49. The Morgan fingerprint density at radius 2 is 2.00 bits per heavy atom. The summed E-state index contributed by atoms with van der Waals surface area (Å²) < 4.78 is 5.49. The van der Waals surface area contributed by atoms with Crippen LogP contribution >= 0.6 is 0 Å². The normalized spacial score (nSPS) is 14.1. The van der Waals surface area contributed by atoms with Crippen molar-refractivity contribution in [2.45, 2.75) is 27.2 Å². The van der Waals surface area contributed by atoms with Gasteiger partial charge in [-0.25, -0.2) is 4.99 Å². The van der Waals surface area contributed by atoms with Crippen molar-refractivity contribution >= 4 is 12.0 Å². The molecule has 0 aromatic heterocycles. The molecule has 16 heavy (non-hydrogen) atoms. The van der Waals surface area contributed by atoms with Crippen LogP contribution in [0.2, 0.25) is 0 Å². The molecule has 0 saturated heterocycles. The molecule has 84 valence electrons. The largest absolute Gasteiger partial charge is 0.481 e. The van der Waals surface area contributed by atoms with Crippen molar-refractivity contribution in [1.29, 1.82) is 0 Å². The van der Waals surface area contributed by atoms with Gasteiger partial charge in [0.2, 0.25) is 0 Å². The summed E-state index contributed by atoms with van der Waals surface area (Å²) in [4.78, 5) is 4.30. The fourth-order valence-electron chi connectivity index (χ4n) is 1.87. The van der Waals surface area contributed by atoms with Gasteiger partial charge >= 0.3 is 0 Å². The lowest BCUT2D eigenvalue weighted by molar-refractivity contribution is 0.320. The Bertz CT molecular complexity index is 458. The molecule has 1 heterocycles. The zero-order valence-corrected chi connectivity index (χ0v) is 10.1. The molecule has 0 fully saturated rings. The van der Waals surface area contributed by atoms with E-state index in [-0.39, 0.29) is 0 Å². The van der Waals surface area contributed by atoms with Crippen molar-refractivity contribution in [3.05, 3.63) is 40.6 Å². The lowest BCUT2D eigenvalue weighted by Gasteiger charge is -2.10. The van der Waals surface area contributed by atoms with Gasteiger partial charge in [0.1, 0.15) is 0 Å². The van der Waals surface area contributed by atoms with Gasteiger partial charge in [0, 0.05) is 12.6 Å². The monoisotopic (exact) mass is 215 g/mol. The molecule has 2 rings (SSSR count). The van der Waals surface area contributed by atoms with Gasteiger partial charge in [0.05, 0.1) is 6.61 Å². The van der Waals surface area contributed by atoms with Crippen molar-refractivity contribution in [2.24, 2.45) is 4.99 Å². The molecule has 0 aliphatic carbocycles. The lowest BCUT2D eigenvalue weighted by Crippen LogP contribution is -2.08. The molecule has 1 aliphatic heterocycles. The Balaban J connectivity index is 2.37. The number of aliphatic imine (C=N–C) groups is 1. The minimum atomic E-state index is 0.673. The molecule has 0 bridgehead atoms. The van der Waals surface area contributed by atoms with Crippen LogP contribution in [0, 0.1) is 13.8 Å². The van der Waals surface area contributed by atoms with Crippen LogP contribution in [0.3, 0.4) is 0 Å². The fraction of sp³-hybridized carbons (Fsp3) is 0.357. The number of fused-ring (bicyclic) bond motifs is 1. The maximum atomic E-state index is 5.49. The minimum Gasteiger partial charge on any atom is -0.481 e. The van der Waals surface area contributed by atoms with Crippen LogP contribution in [0.5, 0.6) is 0 Å². The third-order valence-electron chi connectivity index (χ3n) is 2.88. The van der Waals surface area contributed by atoms with E-state index >= 15 is 0 Å². The van der Waals surface area contributed by atoms with Gasteiger partial charge in [-0.05, 0) is 49.1 Å². The van der Waals surface area contributed by atoms with Gasteiger partial charge in [-0.3, -0.25) is 0 Å². The molecule has 0 spiro atoms. The zero-order chi connectivity index (χ0) is 11.5. The Kier molecular flexibility index (Phi) is 3.09.